The quantitative estimate of drug-likeness (QED) is 0.834. The summed E-state index contributed by atoms with van der Waals surface area (Å²) in [4.78, 5) is 3.44. The van der Waals surface area contributed by atoms with Gasteiger partial charge in [-0.3, -0.25) is 4.90 Å². The van der Waals surface area contributed by atoms with Crippen LogP contribution in [-0.4, -0.2) is 32.4 Å². The van der Waals surface area contributed by atoms with Crippen LogP contribution in [0.2, 0.25) is 0 Å². The first-order chi connectivity index (χ1) is 9.18. The standard InChI is InChI=1S/C15H19NO2S/c17-19(18,14-7-2-1-3-8-14)15-9-11-16-10-5-4-6-13(16)12-15/h1-3,7-8,12-13H,4-6,9-11H2. The highest BCUT2D eigenvalue weighted by Gasteiger charge is 2.30. The number of fused-ring (bicyclic) bond motifs is 1. The Labute approximate surface area is 114 Å². The fourth-order valence-corrected chi connectivity index (χ4v) is 4.52. The SMILES string of the molecule is O=S(=O)(C1=CC2CCCCN2CC1)c1ccccc1. The van der Waals surface area contributed by atoms with E-state index in [4.69, 9.17) is 0 Å². The predicted octanol–water partition coefficient (Wildman–Crippen LogP) is 2.60. The Hall–Kier alpha value is -1.13. The molecule has 0 aromatic heterocycles. The van der Waals surface area contributed by atoms with Crippen molar-refractivity contribution in [2.45, 2.75) is 36.6 Å². The van der Waals surface area contributed by atoms with E-state index in [0.717, 1.165) is 19.5 Å². The van der Waals surface area contributed by atoms with Gasteiger partial charge in [-0.05, 0) is 37.9 Å². The average molecular weight is 277 g/mol. The van der Waals surface area contributed by atoms with Gasteiger partial charge in [0.15, 0.2) is 0 Å². The Morgan fingerprint density at radius 3 is 2.63 bits per heavy atom. The Balaban J connectivity index is 1.92. The van der Waals surface area contributed by atoms with Gasteiger partial charge in [0, 0.05) is 17.5 Å². The van der Waals surface area contributed by atoms with E-state index in [1.165, 1.54) is 12.8 Å². The molecular weight excluding hydrogens is 258 g/mol. The van der Waals surface area contributed by atoms with Crippen molar-refractivity contribution in [1.29, 1.82) is 0 Å². The summed E-state index contributed by atoms with van der Waals surface area (Å²) in [5, 5.41) is 0. The van der Waals surface area contributed by atoms with Gasteiger partial charge in [-0.2, -0.15) is 0 Å². The molecule has 0 radical (unpaired) electrons. The lowest BCUT2D eigenvalue weighted by atomic mass is 9.98. The lowest BCUT2D eigenvalue weighted by molar-refractivity contribution is 0.173. The van der Waals surface area contributed by atoms with Gasteiger partial charge in [0.05, 0.1) is 4.90 Å². The molecule has 2 heterocycles. The number of hydrogen-bond acceptors (Lipinski definition) is 3. The normalized spacial score (nSPS) is 24.6. The van der Waals surface area contributed by atoms with Crippen molar-refractivity contribution in [3.63, 3.8) is 0 Å². The molecule has 1 aromatic rings. The molecule has 1 saturated heterocycles. The third-order valence-corrected chi connectivity index (χ3v) is 6.01. The van der Waals surface area contributed by atoms with Gasteiger partial charge in [-0.1, -0.05) is 30.7 Å². The van der Waals surface area contributed by atoms with E-state index in [2.05, 4.69) is 4.90 Å². The molecule has 3 rings (SSSR count). The molecule has 1 aromatic carbocycles. The highest BCUT2D eigenvalue weighted by Crippen LogP contribution is 2.30. The van der Waals surface area contributed by atoms with Crippen LogP contribution in [0.3, 0.4) is 0 Å². The maximum atomic E-state index is 12.6. The highest BCUT2D eigenvalue weighted by molar-refractivity contribution is 7.95. The van der Waals surface area contributed by atoms with Crippen LogP contribution in [0.25, 0.3) is 0 Å². The number of hydrogen-bond donors (Lipinski definition) is 0. The Morgan fingerprint density at radius 1 is 1.05 bits per heavy atom. The van der Waals surface area contributed by atoms with Crippen LogP contribution in [0, 0.1) is 0 Å². The molecular formula is C15H19NO2S. The molecule has 1 unspecified atom stereocenters. The third-order valence-electron chi connectivity index (χ3n) is 4.09. The van der Waals surface area contributed by atoms with Gasteiger partial charge < -0.3 is 0 Å². The van der Waals surface area contributed by atoms with Crippen LogP contribution >= 0.6 is 0 Å². The Morgan fingerprint density at radius 2 is 1.84 bits per heavy atom. The van der Waals surface area contributed by atoms with Crippen molar-refractivity contribution >= 4 is 9.84 Å². The highest BCUT2D eigenvalue weighted by atomic mass is 32.2. The number of piperidine rings is 1. The summed E-state index contributed by atoms with van der Waals surface area (Å²) >= 11 is 0. The van der Waals surface area contributed by atoms with Crippen molar-refractivity contribution in [2.24, 2.45) is 0 Å². The molecule has 0 bridgehead atoms. The summed E-state index contributed by atoms with van der Waals surface area (Å²) in [5.41, 5.74) is 0. The molecule has 19 heavy (non-hydrogen) atoms. The number of nitrogens with zero attached hydrogens (tertiary/aromatic N) is 1. The summed E-state index contributed by atoms with van der Waals surface area (Å²) in [6, 6.07) is 9.10. The second kappa shape index (κ2) is 5.10. The van der Waals surface area contributed by atoms with Gasteiger partial charge in [0.1, 0.15) is 0 Å². The van der Waals surface area contributed by atoms with Crippen molar-refractivity contribution in [1.82, 2.24) is 4.90 Å². The zero-order chi connectivity index (χ0) is 13.3. The van der Waals surface area contributed by atoms with E-state index < -0.39 is 9.84 Å². The van der Waals surface area contributed by atoms with E-state index in [-0.39, 0.29) is 0 Å². The van der Waals surface area contributed by atoms with Crippen LogP contribution in [0.5, 0.6) is 0 Å². The minimum atomic E-state index is -3.28. The molecule has 0 aliphatic carbocycles. The number of rotatable bonds is 2. The molecule has 2 aliphatic rings. The van der Waals surface area contributed by atoms with Crippen LogP contribution in [0.1, 0.15) is 25.7 Å². The topological polar surface area (TPSA) is 37.4 Å². The fourth-order valence-electron chi connectivity index (χ4n) is 3.01. The number of benzene rings is 1. The van der Waals surface area contributed by atoms with Gasteiger partial charge in [0.2, 0.25) is 9.84 Å². The molecule has 0 amide bonds. The second-order valence-electron chi connectivity index (χ2n) is 5.30. The third kappa shape index (κ3) is 2.47. The molecule has 0 spiro atoms. The first-order valence-corrected chi connectivity index (χ1v) is 8.41. The molecule has 102 valence electrons. The van der Waals surface area contributed by atoms with Gasteiger partial charge in [-0.15, -0.1) is 0 Å². The smallest absolute Gasteiger partial charge is 0.202 e. The average Bonchev–Trinajstić information content (AvgIpc) is 2.47. The van der Waals surface area contributed by atoms with Crippen molar-refractivity contribution in [3.8, 4) is 0 Å². The molecule has 0 saturated carbocycles. The van der Waals surface area contributed by atoms with Crippen molar-refractivity contribution < 1.29 is 8.42 Å². The zero-order valence-electron chi connectivity index (χ0n) is 11.0. The monoisotopic (exact) mass is 277 g/mol. The second-order valence-corrected chi connectivity index (χ2v) is 7.30. The Kier molecular flexibility index (Phi) is 3.46. The van der Waals surface area contributed by atoms with Crippen molar-refractivity contribution in [3.05, 3.63) is 41.3 Å². The van der Waals surface area contributed by atoms with Crippen molar-refractivity contribution in [2.75, 3.05) is 13.1 Å². The van der Waals surface area contributed by atoms with E-state index in [9.17, 15) is 8.42 Å². The van der Waals surface area contributed by atoms with Crippen LogP contribution in [0.15, 0.2) is 46.2 Å². The van der Waals surface area contributed by atoms with Crippen LogP contribution in [-0.2, 0) is 9.84 Å². The van der Waals surface area contributed by atoms with Gasteiger partial charge in [0.25, 0.3) is 0 Å². The minimum Gasteiger partial charge on any atom is -0.297 e. The molecule has 1 fully saturated rings. The first kappa shape index (κ1) is 12.9. The molecule has 3 nitrogen and oxygen atoms in total. The van der Waals surface area contributed by atoms with E-state index in [1.807, 2.05) is 12.1 Å². The van der Waals surface area contributed by atoms with Crippen LogP contribution < -0.4 is 0 Å². The minimum absolute atomic E-state index is 0.330. The molecule has 0 N–H and O–H groups in total. The van der Waals surface area contributed by atoms with Gasteiger partial charge in [-0.25, -0.2) is 8.42 Å². The van der Waals surface area contributed by atoms with E-state index in [1.54, 1.807) is 24.3 Å². The first-order valence-electron chi connectivity index (χ1n) is 6.93. The van der Waals surface area contributed by atoms with E-state index in [0.29, 0.717) is 22.3 Å². The molecule has 1 atom stereocenters. The summed E-state index contributed by atoms with van der Waals surface area (Å²) in [6.45, 7) is 1.99. The zero-order valence-corrected chi connectivity index (χ0v) is 11.8. The summed E-state index contributed by atoms with van der Waals surface area (Å²) in [5.74, 6) is 0. The molecule has 4 heteroatoms. The predicted molar refractivity (Wildman–Crippen MR) is 75.5 cm³/mol. The largest absolute Gasteiger partial charge is 0.297 e. The fraction of sp³-hybridized carbons (Fsp3) is 0.467. The maximum absolute atomic E-state index is 12.6. The van der Waals surface area contributed by atoms with Crippen LogP contribution in [0.4, 0.5) is 0 Å². The Bertz CT molecular complexity index is 577. The molecule has 2 aliphatic heterocycles. The van der Waals surface area contributed by atoms with Gasteiger partial charge >= 0.3 is 0 Å². The lowest BCUT2D eigenvalue weighted by Crippen LogP contribution is -2.42. The number of sulfone groups is 1. The maximum Gasteiger partial charge on any atom is 0.202 e. The summed E-state index contributed by atoms with van der Waals surface area (Å²) in [6.07, 6.45) is 6.17. The summed E-state index contributed by atoms with van der Waals surface area (Å²) in [7, 11) is -3.28. The lowest BCUT2D eigenvalue weighted by Gasteiger charge is -2.37. The summed E-state index contributed by atoms with van der Waals surface area (Å²) < 4.78 is 25.1. The van der Waals surface area contributed by atoms with E-state index >= 15 is 0 Å².